The third-order valence-corrected chi connectivity index (χ3v) is 3.90. The molecule has 1 aliphatic heterocycles. The topological polar surface area (TPSA) is 101 Å². The molecule has 0 unspecified atom stereocenters. The minimum absolute atomic E-state index is 0.118. The average Bonchev–Trinajstić information content (AvgIpc) is 2.87. The van der Waals surface area contributed by atoms with Crippen LogP contribution in [0.4, 0.5) is 11.5 Å². The molecule has 0 spiro atoms. The van der Waals surface area contributed by atoms with Crippen molar-refractivity contribution in [2.45, 2.75) is 0 Å². The fourth-order valence-corrected chi connectivity index (χ4v) is 2.84. The Balaban J connectivity index is 2.12. The van der Waals surface area contributed by atoms with E-state index >= 15 is 0 Å². The predicted octanol–water partition coefficient (Wildman–Crippen LogP) is 0.692. The summed E-state index contributed by atoms with van der Waals surface area (Å²) in [6.07, 6.45) is 1.38. The molecule has 20 heavy (non-hydrogen) atoms. The summed E-state index contributed by atoms with van der Waals surface area (Å²) in [5.74, 6) is -0.112. The van der Waals surface area contributed by atoms with Crippen molar-refractivity contribution in [1.29, 1.82) is 0 Å². The Kier molecular flexibility index (Phi) is 2.87. The summed E-state index contributed by atoms with van der Waals surface area (Å²) >= 11 is 1.26. The Bertz CT molecular complexity index is 712. The molecule has 0 radical (unpaired) electrons. The van der Waals surface area contributed by atoms with Crippen LogP contribution in [0.2, 0.25) is 0 Å². The zero-order valence-electron chi connectivity index (χ0n) is 10.6. The molecular formula is C12H11N5O2S. The molecule has 3 heterocycles. The Hall–Kier alpha value is -2.48. The van der Waals surface area contributed by atoms with E-state index in [2.05, 4.69) is 15.3 Å². The summed E-state index contributed by atoms with van der Waals surface area (Å²) in [5.41, 5.74) is 7.45. The van der Waals surface area contributed by atoms with E-state index in [9.17, 15) is 9.59 Å². The molecular weight excluding hydrogens is 278 g/mol. The zero-order chi connectivity index (χ0) is 14.3. The number of hydrogen-bond acceptors (Lipinski definition) is 6. The molecule has 2 amide bonds. The van der Waals surface area contributed by atoms with E-state index < -0.39 is 5.91 Å². The number of nitrogens with one attached hydrogen (secondary N) is 1. The summed E-state index contributed by atoms with van der Waals surface area (Å²) in [6.45, 7) is 0.236. The van der Waals surface area contributed by atoms with Crippen LogP contribution in [-0.2, 0) is 4.79 Å². The van der Waals surface area contributed by atoms with Crippen molar-refractivity contribution in [2.24, 2.45) is 5.73 Å². The average molecular weight is 289 g/mol. The van der Waals surface area contributed by atoms with Crippen molar-refractivity contribution in [2.75, 3.05) is 23.8 Å². The normalized spacial score (nSPS) is 13.8. The van der Waals surface area contributed by atoms with Gasteiger partial charge < -0.3 is 16.0 Å². The second-order valence-electron chi connectivity index (χ2n) is 4.39. The van der Waals surface area contributed by atoms with Gasteiger partial charge in [0.25, 0.3) is 5.91 Å². The van der Waals surface area contributed by atoms with Gasteiger partial charge in [0.15, 0.2) is 5.82 Å². The molecule has 3 N–H and O–H groups in total. The second-order valence-corrected chi connectivity index (χ2v) is 5.30. The van der Waals surface area contributed by atoms with Crippen molar-refractivity contribution in [3.63, 3.8) is 0 Å². The summed E-state index contributed by atoms with van der Waals surface area (Å²) in [7, 11) is 1.80. The number of carbonyl (C=O) groups excluding carboxylic acids is 2. The Morgan fingerprint density at radius 2 is 2.30 bits per heavy atom. The lowest BCUT2D eigenvalue weighted by Gasteiger charge is -2.27. The van der Waals surface area contributed by atoms with Crippen LogP contribution >= 0.6 is 11.3 Å². The molecule has 2 aromatic rings. The van der Waals surface area contributed by atoms with E-state index in [4.69, 9.17) is 5.73 Å². The van der Waals surface area contributed by atoms with Gasteiger partial charge in [-0.2, -0.15) is 0 Å². The molecule has 0 saturated carbocycles. The number of thiophene rings is 1. The van der Waals surface area contributed by atoms with E-state index in [-0.39, 0.29) is 12.5 Å². The van der Waals surface area contributed by atoms with Gasteiger partial charge >= 0.3 is 0 Å². The molecule has 0 bridgehead atoms. The maximum absolute atomic E-state index is 11.5. The summed E-state index contributed by atoms with van der Waals surface area (Å²) in [5, 5.41) is 4.52. The van der Waals surface area contributed by atoms with E-state index in [1.165, 1.54) is 17.7 Å². The first-order valence-corrected chi connectivity index (χ1v) is 6.69. The first-order chi connectivity index (χ1) is 9.56. The molecule has 0 saturated heterocycles. The molecule has 3 rings (SSSR count). The molecule has 1 aliphatic rings. The maximum atomic E-state index is 11.5. The number of amides is 2. The highest BCUT2D eigenvalue weighted by Crippen LogP contribution is 2.36. The summed E-state index contributed by atoms with van der Waals surface area (Å²) < 4.78 is 0. The second kappa shape index (κ2) is 4.57. The quantitative estimate of drug-likeness (QED) is 0.847. The third-order valence-electron chi connectivity index (χ3n) is 2.96. The zero-order valence-corrected chi connectivity index (χ0v) is 11.4. The van der Waals surface area contributed by atoms with Gasteiger partial charge in [-0.3, -0.25) is 9.59 Å². The number of carbonyl (C=O) groups is 2. The van der Waals surface area contributed by atoms with Crippen LogP contribution in [0.1, 0.15) is 9.67 Å². The molecule has 2 aromatic heterocycles. The maximum Gasteiger partial charge on any atom is 0.258 e. The van der Waals surface area contributed by atoms with E-state index in [1.807, 2.05) is 5.38 Å². The number of nitrogens with zero attached hydrogens (tertiary/aromatic N) is 3. The first kappa shape index (κ1) is 12.5. The van der Waals surface area contributed by atoms with Gasteiger partial charge in [0.2, 0.25) is 5.91 Å². The molecule has 0 fully saturated rings. The number of nitrogens with two attached hydrogens (primary N) is 1. The standard InChI is InChI=1S/C12H11N5O2S/c1-17-3-8(18)16-12-10(17)9(14-5-15-12)6-2-7(11(13)19)20-4-6/h2,4-5H,3H2,1H3,(H2,13,19)(H,14,15,16,18). The highest BCUT2D eigenvalue weighted by Gasteiger charge is 2.25. The Labute approximate surface area is 118 Å². The van der Waals surface area contributed by atoms with Gasteiger partial charge in [0, 0.05) is 18.0 Å². The lowest BCUT2D eigenvalue weighted by Crippen LogP contribution is -2.36. The number of anilines is 2. The predicted molar refractivity (Wildman–Crippen MR) is 75.8 cm³/mol. The van der Waals surface area contributed by atoms with E-state index in [0.29, 0.717) is 16.4 Å². The highest BCUT2D eigenvalue weighted by atomic mass is 32.1. The smallest absolute Gasteiger partial charge is 0.258 e. The molecule has 0 atom stereocenters. The van der Waals surface area contributed by atoms with Gasteiger partial charge in [-0.25, -0.2) is 9.97 Å². The summed E-state index contributed by atoms with van der Waals surface area (Å²) in [6, 6.07) is 1.69. The van der Waals surface area contributed by atoms with Gasteiger partial charge in [0.05, 0.1) is 11.4 Å². The third kappa shape index (κ3) is 1.99. The molecule has 102 valence electrons. The van der Waals surface area contributed by atoms with Crippen molar-refractivity contribution in [3.8, 4) is 11.3 Å². The van der Waals surface area contributed by atoms with Crippen LogP contribution in [0.5, 0.6) is 0 Å². The number of aromatic nitrogens is 2. The minimum Gasteiger partial charge on any atom is -0.365 e. The SMILES string of the molecule is CN1CC(=O)Nc2ncnc(-c3csc(C(N)=O)c3)c21. The number of fused-ring (bicyclic) bond motifs is 1. The largest absolute Gasteiger partial charge is 0.365 e. The van der Waals surface area contributed by atoms with Crippen LogP contribution < -0.4 is 16.0 Å². The number of hydrogen-bond donors (Lipinski definition) is 2. The van der Waals surface area contributed by atoms with Gasteiger partial charge in [-0.1, -0.05) is 0 Å². The molecule has 7 nitrogen and oxygen atoms in total. The lowest BCUT2D eigenvalue weighted by molar-refractivity contribution is -0.115. The molecule has 8 heteroatoms. The molecule has 0 aliphatic carbocycles. The van der Waals surface area contributed by atoms with Crippen LogP contribution in [-0.4, -0.2) is 35.4 Å². The van der Waals surface area contributed by atoms with Crippen LogP contribution in [0, 0.1) is 0 Å². The van der Waals surface area contributed by atoms with Crippen molar-refractivity contribution >= 4 is 34.7 Å². The lowest BCUT2D eigenvalue weighted by atomic mass is 10.1. The Morgan fingerprint density at radius 3 is 3.00 bits per heavy atom. The van der Waals surface area contributed by atoms with Crippen molar-refractivity contribution in [3.05, 3.63) is 22.7 Å². The van der Waals surface area contributed by atoms with Gasteiger partial charge in [0.1, 0.15) is 17.7 Å². The first-order valence-electron chi connectivity index (χ1n) is 5.81. The monoisotopic (exact) mass is 289 g/mol. The Morgan fingerprint density at radius 1 is 1.50 bits per heavy atom. The van der Waals surface area contributed by atoms with Crippen LogP contribution in [0.15, 0.2) is 17.8 Å². The van der Waals surface area contributed by atoms with Crippen LogP contribution in [0.3, 0.4) is 0 Å². The minimum atomic E-state index is -0.467. The van der Waals surface area contributed by atoms with Crippen molar-refractivity contribution in [1.82, 2.24) is 9.97 Å². The fourth-order valence-electron chi connectivity index (χ4n) is 2.10. The summed E-state index contributed by atoms with van der Waals surface area (Å²) in [4.78, 5) is 33.3. The van der Waals surface area contributed by atoms with Gasteiger partial charge in [-0.05, 0) is 6.07 Å². The number of primary amides is 1. The number of rotatable bonds is 2. The van der Waals surface area contributed by atoms with E-state index in [0.717, 1.165) is 11.3 Å². The van der Waals surface area contributed by atoms with Gasteiger partial charge in [-0.15, -0.1) is 11.3 Å². The van der Waals surface area contributed by atoms with Crippen LogP contribution in [0.25, 0.3) is 11.3 Å². The highest BCUT2D eigenvalue weighted by molar-refractivity contribution is 7.12. The fraction of sp³-hybridized carbons (Fsp3) is 0.167. The van der Waals surface area contributed by atoms with Crippen molar-refractivity contribution < 1.29 is 9.59 Å². The molecule has 0 aromatic carbocycles. The van der Waals surface area contributed by atoms with E-state index in [1.54, 1.807) is 18.0 Å². The number of likely N-dealkylation sites (N-methyl/N-ethyl adjacent to an activating group) is 1.